The van der Waals surface area contributed by atoms with Crippen LogP contribution >= 0.6 is 11.6 Å². The van der Waals surface area contributed by atoms with Crippen LogP contribution in [0.2, 0.25) is 5.02 Å². The summed E-state index contributed by atoms with van der Waals surface area (Å²) in [6.07, 6.45) is 0. The number of benzene rings is 3. The molecule has 0 bridgehead atoms. The third kappa shape index (κ3) is 3.70. The molecule has 1 N–H and O–H groups in total. The van der Waals surface area contributed by atoms with E-state index in [0.717, 1.165) is 22.4 Å². The Labute approximate surface area is 179 Å². The van der Waals surface area contributed by atoms with E-state index in [9.17, 15) is 4.79 Å². The number of hydrogen-bond donors (Lipinski definition) is 1. The number of halogens is 1. The lowest BCUT2D eigenvalue weighted by atomic mass is 10.0. The zero-order chi connectivity index (χ0) is 21.3. The number of rotatable bonds is 5. The first kappa shape index (κ1) is 20.1. The summed E-state index contributed by atoms with van der Waals surface area (Å²) in [5.41, 5.74) is 3.80. The molecule has 4 aromatic rings. The van der Waals surface area contributed by atoms with Crippen LogP contribution in [0.1, 0.15) is 11.1 Å². The number of aliphatic hydroxyl groups is 1. The highest BCUT2D eigenvalue weighted by Gasteiger charge is 2.17. The minimum absolute atomic E-state index is 0.0526. The van der Waals surface area contributed by atoms with Gasteiger partial charge < -0.3 is 9.84 Å². The molecular formula is C24H21ClN2O3. The van der Waals surface area contributed by atoms with Crippen LogP contribution in [0, 0.1) is 13.8 Å². The molecule has 0 radical (unpaired) electrons. The average molecular weight is 421 g/mol. The van der Waals surface area contributed by atoms with E-state index in [-0.39, 0.29) is 18.8 Å². The van der Waals surface area contributed by atoms with E-state index in [0.29, 0.717) is 27.4 Å². The Morgan fingerprint density at radius 2 is 1.70 bits per heavy atom. The molecule has 1 aromatic heterocycles. The summed E-state index contributed by atoms with van der Waals surface area (Å²) in [5.74, 6) is 1.27. The third-order valence-corrected chi connectivity index (χ3v) is 5.17. The summed E-state index contributed by atoms with van der Waals surface area (Å²) < 4.78 is 7.29. The van der Waals surface area contributed by atoms with E-state index in [1.165, 1.54) is 0 Å². The van der Waals surface area contributed by atoms with E-state index in [4.69, 9.17) is 26.4 Å². The molecule has 0 fully saturated rings. The number of ether oxygens (including phenoxy) is 1. The smallest absolute Gasteiger partial charge is 0.266 e. The van der Waals surface area contributed by atoms with E-state index in [1.54, 1.807) is 22.8 Å². The van der Waals surface area contributed by atoms with Crippen molar-refractivity contribution in [1.29, 1.82) is 0 Å². The number of aromatic nitrogens is 2. The van der Waals surface area contributed by atoms with Crippen LogP contribution in [0.25, 0.3) is 28.0 Å². The first-order valence-electron chi connectivity index (χ1n) is 9.62. The van der Waals surface area contributed by atoms with Crippen molar-refractivity contribution in [3.8, 4) is 22.8 Å². The molecule has 3 aromatic carbocycles. The molecule has 6 heteroatoms. The van der Waals surface area contributed by atoms with Gasteiger partial charge in [0.2, 0.25) is 0 Å². The van der Waals surface area contributed by atoms with E-state index in [2.05, 4.69) is 0 Å². The van der Waals surface area contributed by atoms with Crippen molar-refractivity contribution in [3.05, 3.63) is 87.2 Å². The normalized spacial score (nSPS) is 11.1. The summed E-state index contributed by atoms with van der Waals surface area (Å²) in [5, 5.41) is 10.2. The van der Waals surface area contributed by atoms with Gasteiger partial charge in [-0.05, 0) is 73.5 Å². The lowest BCUT2D eigenvalue weighted by Gasteiger charge is -2.17. The average Bonchev–Trinajstić information content (AvgIpc) is 2.74. The molecule has 4 rings (SSSR count). The van der Waals surface area contributed by atoms with Gasteiger partial charge in [0.1, 0.15) is 18.2 Å². The highest BCUT2D eigenvalue weighted by Crippen LogP contribution is 2.31. The molecule has 0 spiro atoms. The second-order valence-corrected chi connectivity index (χ2v) is 7.52. The number of fused-ring (bicyclic) bond motifs is 1. The van der Waals surface area contributed by atoms with Crippen molar-refractivity contribution >= 4 is 22.5 Å². The zero-order valence-corrected chi connectivity index (χ0v) is 17.5. The van der Waals surface area contributed by atoms with Crippen molar-refractivity contribution < 1.29 is 9.84 Å². The Balaban J connectivity index is 1.99. The van der Waals surface area contributed by atoms with Gasteiger partial charge >= 0.3 is 0 Å². The minimum Gasteiger partial charge on any atom is -0.491 e. The summed E-state index contributed by atoms with van der Waals surface area (Å²) in [6.45, 7) is 4.05. The molecule has 0 atom stereocenters. The first-order chi connectivity index (χ1) is 14.5. The summed E-state index contributed by atoms with van der Waals surface area (Å²) in [4.78, 5) is 18.3. The predicted molar refractivity (Wildman–Crippen MR) is 120 cm³/mol. The maximum atomic E-state index is 13.4. The fourth-order valence-corrected chi connectivity index (χ4v) is 3.74. The Morgan fingerprint density at radius 3 is 2.37 bits per heavy atom. The molecule has 0 aliphatic rings. The number of para-hydroxylation sites is 1. The maximum absolute atomic E-state index is 13.4. The van der Waals surface area contributed by atoms with Crippen molar-refractivity contribution in [3.63, 3.8) is 0 Å². The van der Waals surface area contributed by atoms with Crippen LogP contribution in [0.5, 0.6) is 5.75 Å². The maximum Gasteiger partial charge on any atom is 0.266 e. The van der Waals surface area contributed by atoms with Crippen LogP contribution in [0.3, 0.4) is 0 Å². The van der Waals surface area contributed by atoms with Crippen molar-refractivity contribution in [2.75, 3.05) is 13.2 Å². The first-order valence-corrected chi connectivity index (χ1v) is 10.0. The molecule has 30 heavy (non-hydrogen) atoms. The fourth-order valence-electron chi connectivity index (χ4n) is 3.61. The van der Waals surface area contributed by atoms with Crippen LogP contribution in [-0.2, 0) is 0 Å². The molecule has 5 nitrogen and oxygen atoms in total. The van der Waals surface area contributed by atoms with Gasteiger partial charge in [-0.25, -0.2) is 4.98 Å². The SMILES string of the molecule is Cc1cc(-c2nc3ccccc3c(=O)n2-c2ccc(Cl)cc2)cc(C)c1OCCO. The van der Waals surface area contributed by atoms with Gasteiger partial charge in [0.25, 0.3) is 5.56 Å². The lowest BCUT2D eigenvalue weighted by molar-refractivity contribution is 0.200. The van der Waals surface area contributed by atoms with Gasteiger partial charge in [-0.1, -0.05) is 23.7 Å². The Kier molecular flexibility index (Phi) is 5.57. The summed E-state index contributed by atoms with van der Waals surface area (Å²) >= 11 is 6.06. The highest BCUT2D eigenvalue weighted by atomic mass is 35.5. The third-order valence-electron chi connectivity index (χ3n) is 4.92. The second kappa shape index (κ2) is 8.30. The van der Waals surface area contributed by atoms with E-state index < -0.39 is 0 Å². The van der Waals surface area contributed by atoms with Gasteiger partial charge in [-0.15, -0.1) is 0 Å². The standard InChI is InChI=1S/C24H21ClN2O3/c1-15-13-17(14-16(2)22(15)30-12-11-28)23-26-21-6-4-3-5-20(21)24(29)27(23)19-9-7-18(25)8-10-19/h3-10,13-14,28H,11-12H2,1-2H3. The van der Waals surface area contributed by atoms with Crippen molar-refractivity contribution in [2.24, 2.45) is 0 Å². The number of aryl methyl sites for hydroxylation is 2. The molecule has 0 saturated heterocycles. The number of nitrogens with zero attached hydrogens (tertiary/aromatic N) is 2. The van der Waals surface area contributed by atoms with E-state index in [1.807, 2.05) is 56.3 Å². The highest BCUT2D eigenvalue weighted by molar-refractivity contribution is 6.30. The fraction of sp³-hybridized carbons (Fsp3) is 0.167. The van der Waals surface area contributed by atoms with Crippen molar-refractivity contribution in [1.82, 2.24) is 9.55 Å². The van der Waals surface area contributed by atoms with Crippen LogP contribution in [0.4, 0.5) is 0 Å². The van der Waals surface area contributed by atoms with Gasteiger partial charge in [-0.3, -0.25) is 9.36 Å². The molecule has 0 unspecified atom stereocenters. The Morgan fingerprint density at radius 1 is 1.03 bits per heavy atom. The van der Waals surface area contributed by atoms with Crippen molar-refractivity contribution in [2.45, 2.75) is 13.8 Å². The largest absolute Gasteiger partial charge is 0.491 e. The Hall–Kier alpha value is -3.15. The van der Waals surface area contributed by atoms with E-state index >= 15 is 0 Å². The molecule has 1 heterocycles. The summed E-state index contributed by atoms with van der Waals surface area (Å²) in [6, 6.07) is 18.3. The molecular weight excluding hydrogens is 400 g/mol. The molecule has 0 aliphatic heterocycles. The summed E-state index contributed by atoms with van der Waals surface area (Å²) in [7, 11) is 0. The van der Waals surface area contributed by atoms with Gasteiger partial charge in [-0.2, -0.15) is 0 Å². The topological polar surface area (TPSA) is 64.4 Å². The quantitative estimate of drug-likeness (QED) is 0.508. The molecule has 0 saturated carbocycles. The number of aliphatic hydroxyl groups excluding tert-OH is 1. The van der Waals surface area contributed by atoms with Gasteiger partial charge in [0, 0.05) is 10.6 Å². The molecule has 152 valence electrons. The Bertz CT molecular complexity index is 1260. The monoisotopic (exact) mass is 420 g/mol. The minimum atomic E-state index is -0.145. The van der Waals surface area contributed by atoms with Crippen LogP contribution in [0.15, 0.2) is 65.5 Å². The lowest BCUT2D eigenvalue weighted by Crippen LogP contribution is -2.22. The van der Waals surface area contributed by atoms with Gasteiger partial charge in [0.05, 0.1) is 23.2 Å². The molecule has 0 aliphatic carbocycles. The van der Waals surface area contributed by atoms with Crippen LogP contribution in [-0.4, -0.2) is 27.9 Å². The second-order valence-electron chi connectivity index (χ2n) is 7.08. The zero-order valence-electron chi connectivity index (χ0n) is 16.7. The predicted octanol–water partition coefficient (Wildman–Crippen LogP) is 4.69. The van der Waals surface area contributed by atoms with Gasteiger partial charge in [0.15, 0.2) is 0 Å². The van der Waals surface area contributed by atoms with Crippen LogP contribution < -0.4 is 10.3 Å². The molecule has 0 amide bonds. The number of hydrogen-bond acceptors (Lipinski definition) is 4.